The molecule has 4 aromatic carbocycles. The van der Waals surface area contributed by atoms with Gasteiger partial charge in [0.25, 0.3) is 11.1 Å². The van der Waals surface area contributed by atoms with E-state index in [4.69, 9.17) is 15.2 Å². The molecule has 8 rings (SSSR count). The number of anilines is 2. The Hall–Kier alpha value is -7.62. The molecule has 16 nitrogen and oxygen atoms in total. The number of aryl methyl sites for hydroxylation is 2. The van der Waals surface area contributed by atoms with Crippen molar-refractivity contribution in [3.8, 4) is 11.4 Å². The van der Waals surface area contributed by atoms with E-state index in [1.165, 1.54) is 0 Å². The first kappa shape index (κ1) is 42.5. The standard InChI is InChI=1S/C24H26N4O4.C22H22N4O4/c1-24(2,3)32-22(30)20-19(16-13-14(26(4)5)11-12-18(16)27(20)6)28-21(29)15-9-7-8-10-17(15)25-23(28)31;1-22(2,3)30-20(28)18-17(14-11-12(23)9-10-16(14)25(18)4)26-19(27)13-7-5-6-8-15(13)24-21(26)29/h7-13H,1-6H3,(H,25,31);5-11H,23H2,1-4H3,(H,24,29). The quantitative estimate of drug-likeness (QED) is 0.138. The summed E-state index contributed by atoms with van der Waals surface area (Å²) in [5.74, 6) is -1.26. The summed E-state index contributed by atoms with van der Waals surface area (Å²) in [5.41, 5.74) is 6.23. The second kappa shape index (κ2) is 15.4. The first-order chi connectivity index (χ1) is 29.1. The molecule has 0 unspecified atom stereocenters. The average Bonchev–Trinajstić information content (AvgIpc) is 3.63. The number of aromatic nitrogens is 6. The maximum absolute atomic E-state index is 13.5. The van der Waals surface area contributed by atoms with Crippen molar-refractivity contribution < 1.29 is 19.1 Å². The molecule has 0 saturated carbocycles. The molecule has 0 spiro atoms. The molecule has 4 N–H and O–H groups in total. The van der Waals surface area contributed by atoms with E-state index < -0.39 is 45.6 Å². The Kier molecular flexibility index (Phi) is 10.6. The van der Waals surface area contributed by atoms with Crippen molar-refractivity contribution in [1.82, 2.24) is 28.2 Å². The van der Waals surface area contributed by atoms with Crippen molar-refractivity contribution in [2.24, 2.45) is 14.1 Å². The van der Waals surface area contributed by atoms with E-state index in [-0.39, 0.29) is 22.8 Å². The maximum Gasteiger partial charge on any atom is 0.357 e. The predicted octanol–water partition coefficient (Wildman–Crippen LogP) is 5.90. The lowest BCUT2D eigenvalue weighted by atomic mass is 10.1. The number of hydrogen-bond acceptors (Lipinski definition) is 10. The molecule has 0 aliphatic carbocycles. The molecule has 4 aromatic heterocycles. The third-order valence-electron chi connectivity index (χ3n) is 10.1. The van der Waals surface area contributed by atoms with Crippen molar-refractivity contribution in [2.75, 3.05) is 24.7 Å². The van der Waals surface area contributed by atoms with Crippen LogP contribution in [0.3, 0.4) is 0 Å². The zero-order chi connectivity index (χ0) is 45.2. The molecule has 8 aromatic rings. The molecule has 0 atom stereocenters. The van der Waals surface area contributed by atoms with Crippen LogP contribution in [0.1, 0.15) is 62.5 Å². The van der Waals surface area contributed by atoms with E-state index in [2.05, 4.69) is 9.97 Å². The lowest BCUT2D eigenvalue weighted by Crippen LogP contribution is -2.35. The number of para-hydroxylation sites is 2. The van der Waals surface area contributed by atoms with Crippen LogP contribution in [0.4, 0.5) is 11.4 Å². The Bertz CT molecular complexity index is 3360. The zero-order valence-corrected chi connectivity index (χ0v) is 36.2. The zero-order valence-electron chi connectivity index (χ0n) is 36.2. The van der Waals surface area contributed by atoms with Gasteiger partial charge < -0.3 is 39.2 Å². The number of carbonyl (C=O) groups is 2. The summed E-state index contributed by atoms with van der Waals surface area (Å²) >= 11 is 0. The van der Waals surface area contributed by atoms with Gasteiger partial charge in [-0.2, -0.15) is 0 Å². The Labute approximate surface area is 354 Å². The second-order valence-corrected chi connectivity index (χ2v) is 17.1. The summed E-state index contributed by atoms with van der Waals surface area (Å²) in [6.45, 7) is 10.6. The highest BCUT2D eigenvalue weighted by atomic mass is 16.6. The van der Waals surface area contributed by atoms with Crippen LogP contribution >= 0.6 is 0 Å². The fourth-order valence-electron chi connectivity index (χ4n) is 7.44. The molecule has 16 heteroatoms. The number of aromatic amines is 2. The second-order valence-electron chi connectivity index (χ2n) is 17.1. The lowest BCUT2D eigenvalue weighted by Gasteiger charge is -2.20. The van der Waals surface area contributed by atoms with E-state index in [1.54, 1.807) is 132 Å². The number of nitrogen functional groups attached to an aromatic ring is 1. The van der Waals surface area contributed by atoms with Gasteiger partial charge in [-0.25, -0.2) is 28.3 Å². The summed E-state index contributed by atoms with van der Waals surface area (Å²) in [5, 5.41) is 1.78. The number of fused-ring (bicyclic) bond motifs is 4. The van der Waals surface area contributed by atoms with Crippen molar-refractivity contribution in [3.63, 3.8) is 0 Å². The van der Waals surface area contributed by atoms with E-state index in [0.29, 0.717) is 49.3 Å². The lowest BCUT2D eigenvalue weighted by molar-refractivity contribution is 0.00469. The smallest absolute Gasteiger partial charge is 0.357 e. The SMILES string of the molecule is CN(C)c1ccc2c(c1)c(-n1c(=O)[nH]c3ccccc3c1=O)c(C(=O)OC(C)(C)C)n2C.Cn1c(C(=O)OC(C)(C)C)c(-n2c(=O)[nH]c3ccccc3c2=O)c2cc(N)ccc21. The molecule has 62 heavy (non-hydrogen) atoms. The minimum Gasteiger partial charge on any atom is -0.455 e. The van der Waals surface area contributed by atoms with Crippen LogP contribution in [0.5, 0.6) is 0 Å². The third kappa shape index (κ3) is 7.66. The molecular formula is C46H48N8O8. The number of nitrogens with one attached hydrogen (secondary N) is 2. The van der Waals surface area contributed by atoms with Crippen molar-refractivity contribution in [1.29, 1.82) is 0 Å². The van der Waals surface area contributed by atoms with Gasteiger partial charge in [0.2, 0.25) is 0 Å². The van der Waals surface area contributed by atoms with Gasteiger partial charge in [0, 0.05) is 50.3 Å². The molecule has 0 bridgehead atoms. The Balaban J connectivity index is 0.000000187. The van der Waals surface area contributed by atoms with Crippen LogP contribution in [-0.4, -0.2) is 65.5 Å². The fraction of sp³-hybridized carbons (Fsp3) is 0.261. The molecule has 0 saturated heterocycles. The van der Waals surface area contributed by atoms with Crippen LogP contribution in [-0.2, 0) is 23.6 Å². The number of benzene rings is 4. The highest BCUT2D eigenvalue weighted by Crippen LogP contribution is 2.33. The number of ether oxygens (including phenoxy) is 2. The maximum atomic E-state index is 13.5. The van der Waals surface area contributed by atoms with E-state index in [9.17, 15) is 28.8 Å². The summed E-state index contributed by atoms with van der Waals surface area (Å²) in [4.78, 5) is 86.6. The molecule has 4 heterocycles. The Morgan fingerprint density at radius 3 is 1.40 bits per heavy atom. The van der Waals surface area contributed by atoms with E-state index in [0.717, 1.165) is 14.8 Å². The summed E-state index contributed by atoms with van der Waals surface area (Å²) in [6, 6.07) is 24.2. The van der Waals surface area contributed by atoms with Crippen LogP contribution in [0.2, 0.25) is 0 Å². The van der Waals surface area contributed by atoms with Crippen molar-refractivity contribution in [2.45, 2.75) is 52.7 Å². The van der Waals surface area contributed by atoms with Crippen molar-refractivity contribution >= 4 is 66.9 Å². The van der Waals surface area contributed by atoms with Gasteiger partial charge in [0.05, 0.1) is 44.2 Å². The van der Waals surface area contributed by atoms with Gasteiger partial charge in [-0.1, -0.05) is 24.3 Å². The van der Waals surface area contributed by atoms with Gasteiger partial charge in [-0.15, -0.1) is 0 Å². The number of nitrogens with two attached hydrogens (primary N) is 1. The Morgan fingerprint density at radius 2 is 0.984 bits per heavy atom. The van der Waals surface area contributed by atoms with Gasteiger partial charge in [-0.05, 0) is 102 Å². The largest absolute Gasteiger partial charge is 0.455 e. The number of rotatable bonds is 5. The molecule has 0 aliphatic heterocycles. The molecule has 320 valence electrons. The number of esters is 2. The summed E-state index contributed by atoms with van der Waals surface area (Å²) in [7, 11) is 7.20. The van der Waals surface area contributed by atoms with Crippen molar-refractivity contribution in [3.05, 3.63) is 138 Å². The summed E-state index contributed by atoms with van der Waals surface area (Å²) in [6.07, 6.45) is 0. The fourth-order valence-corrected chi connectivity index (χ4v) is 7.44. The molecule has 0 fully saturated rings. The van der Waals surface area contributed by atoms with Crippen LogP contribution in [0, 0.1) is 0 Å². The monoisotopic (exact) mass is 840 g/mol. The molecule has 0 amide bonds. The van der Waals surface area contributed by atoms with E-state index in [1.807, 2.05) is 37.2 Å². The predicted molar refractivity (Wildman–Crippen MR) is 242 cm³/mol. The highest BCUT2D eigenvalue weighted by Gasteiger charge is 2.31. The van der Waals surface area contributed by atoms with Gasteiger partial charge >= 0.3 is 23.3 Å². The number of nitrogens with zero attached hydrogens (tertiary/aromatic N) is 5. The Morgan fingerprint density at radius 1 is 0.581 bits per heavy atom. The molecule has 0 aliphatic rings. The number of hydrogen-bond donors (Lipinski definition) is 3. The third-order valence-corrected chi connectivity index (χ3v) is 10.1. The highest BCUT2D eigenvalue weighted by molar-refractivity contribution is 6.06. The van der Waals surface area contributed by atoms with Crippen LogP contribution < -0.4 is 33.1 Å². The van der Waals surface area contributed by atoms with Gasteiger partial charge in [-0.3, -0.25) is 9.59 Å². The topological polar surface area (TPSA) is 201 Å². The van der Waals surface area contributed by atoms with Crippen LogP contribution in [0.15, 0.2) is 104 Å². The first-order valence-corrected chi connectivity index (χ1v) is 19.7. The van der Waals surface area contributed by atoms with Gasteiger partial charge in [0.15, 0.2) is 11.4 Å². The molecule has 0 radical (unpaired) electrons. The minimum atomic E-state index is -0.759. The van der Waals surface area contributed by atoms with E-state index >= 15 is 0 Å². The molecular weight excluding hydrogens is 793 g/mol. The normalized spacial score (nSPS) is 11.8. The number of H-pyrrole nitrogens is 2. The minimum absolute atomic E-state index is 0.0911. The van der Waals surface area contributed by atoms with Gasteiger partial charge in [0.1, 0.15) is 11.2 Å². The first-order valence-electron chi connectivity index (χ1n) is 19.7. The summed E-state index contributed by atoms with van der Waals surface area (Å²) < 4.78 is 16.5. The average molecular weight is 841 g/mol. The van der Waals surface area contributed by atoms with Crippen LogP contribution in [0.25, 0.3) is 55.0 Å². The number of carbonyl (C=O) groups excluding carboxylic acids is 2.